The van der Waals surface area contributed by atoms with Gasteiger partial charge in [-0.2, -0.15) is 9.97 Å². The standard InChI is InChI=1S/C47H26N4OS/c1-2-15-28-27(13-1)14-11-22-33(28)45-48-46(36-23-12-21-32-29-16-6-9-25-38(29)52-43(32)36)50-47(49-45)51-37-24-8-5-19-34(37)40-30-17-3-4-18-31(30)41-35-20-7-10-26-39(35)53-44(41)42(40)51/h1-26H. The predicted octanol–water partition coefficient (Wildman–Crippen LogP) is 12.9. The molecule has 4 aromatic heterocycles. The summed E-state index contributed by atoms with van der Waals surface area (Å²) in [5, 5.41) is 11.6. The van der Waals surface area contributed by atoms with E-state index in [-0.39, 0.29) is 0 Å². The number of furan rings is 1. The Morgan fingerprint density at radius 2 is 1.06 bits per heavy atom. The average molecular weight is 695 g/mol. The van der Waals surface area contributed by atoms with Crippen molar-refractivity contribution in [3.05, 3.63) is 158 Å². The topological polar surface area (TPSA) is 56.7 Å². The van der Waals surface area contributed by atoms with E-state index in [1.54, 1.807) is 0 Å². The average Bonchev–Trinajstić information content (AvgIpc) is 3.91. The van der Waals surface area contributed by atoms with Crippen LogP contribution in [0.5, 0.6) is 0 Å². The molecule has 53 heavy (non-hydrogen) atoms. The number of nitrogens with zero attached hydrogens (tertiary/aromatic N) is 4. The Bertz CT molecular complexity index is 3480. The Morgan fingerprint density at radius 1 is 0.453 bits per heavy atom. The van der Waals surface area contributed by atoms with Crippen LogP contribution in [0, 0.1) is 0 Å². The number of para-hydroxylation sites is 3. The molecule has 0 unspecified atom stereocenters. The minimum absolute atomic E-state index is 0.557. The lowest BCUT2D eigenvalue weighted by Crippen LogP contribution is -2.06. The van der Waals surface area contributed by atoms with Crippen LogP contribution in [0.3, 0.4) is 0 Å². The van der Waals surface area contributed by atoms with E-state index >= 15 is 0 Å². The smallest absolute Gasteiger partial charge is 0.238 e. The molecule has 0 bridgehead atoms. The number of fused-ring (bicyclic) bond motifs is 14. The molecule has 12 rings (SSSR count). The summed E-state index contributed by atoms with van der Waals surface area (Å²) < 4.78 is 11.3. The van der Waals surface area contributed by atoms with Crippen molar-refractivity contribution >= 4 is 96.8 Å². The summed E-state index contributed by atoms with van der Waals surface area (Å²) in [7, 11) is 0. The van der Waals surface area contributed by atoms with Crippen LogP contribution in [0.2, 0.25) is 0 Å². The summed E-state index contributed by atoms with van der Waals surface area (Å²) in [5.41, 5.74) is 5.50. The van der Waals surface area contributed by atoms with Crippen LogP contribution in [0.1, 0.15) is 0 Å². The highest BCUT2D eigenvalue weighted by molar-refractivity contribution is 7.27. The van der Waals surface area contributed by atoms with Gasteiger partial charge in [0.25, 0.3) is 0 Å². The van der Waals surface area contributed by atoms with Gasteiger partial charge >= 0.3 is 0 Å². The summed E-state index contributed by atoms with van der Waals surface area (Å²) in [4.78, 5) is 16.1. The quantitative estimate of drug-likeness (QED) is 0.185. The van der Waals surface area contributed by atoms with Crippen molar-refractivity contribution in [3.8, 4) is 28.7 Å². The fourth-order valence-electron chi connectivity index (χ4n) is 8.38. The summed E-state index contributed by atoms with van der Waals surface area (Å²) in [5.74, 6) is 1.72. The second kappa shape index (κ2) is 10.8. The van der Waals surface area contributed by atoms with Crippen molar-refractivity contribution in [3.63, 3.8) is 0 Å². The molecule has 0 fully saturated rings. The minimum atomic E-state index is 0.557. The van der Waals surface area contributed by atoms with Gasteiger partial charge in [-0.25, -0.2) is 4.98 Å². The second-order valence-electron chi connectivity index (χ2n) is 13.5. The van der Waals surface area contributed by atoms with E-state index in [4.69, 9.17) is 19.4 Å². The van der Waals surface area contributed by atoms with Crippen LogP contribution >= 0.6 is 11.3 Å². The van der Waals surface area contributed by atoms with Gasteiger partial charge in [-0.15, -0.1) is 11.3 Å². The van der Waals surface area contributed by atoms with E-state index in [2.05, 4.69) is 144 Å². The first-order valence-corrected chi connectivity index (χ1v) is 18.5. The first kappa shape index (κ1) is 28.8. The fraction of sp³-hybridized carbons (Fsp3) is 0. The molecule has 0 saturated carbocycles. The first-order chi connectivity index (χ1) is 26.3. The number of thiophene rings is 1. The Morgan fingerprint density at radius 3 is 1.92 bits per heavy atom. The third-order valence-electron chi connectivity index (χ3n) is 10.7. The van der Waals surface area contributed by atoms with Gasteiger partial charge in [0, 0.05) is 42.6 Å². The van der Waals surface area contributed by atoms with Gasteiger partial charge in [-0.05, 0) is 45.8 Å². The maximum absolute atomic E-state index is 6.56. The molecule has 246 valence electrons. The van der Waals surface area contributed by atoms with Crippen LogP contribution in [0.25, 0.3) is 114 Å². The van der Waals surface area contributed by atoms with Crippen LogP contribution < -0.4 is 0 Å². The molecular formula is C47H26N4OS. The normalized spacial score (nSPS) is 12.2. The number of hydrogen-bond donors (Lipinski definition) is 0. The van der Waals surface area contributed by atoms with E-state index in [1.165, 1.54) is 36.3 Å². The van der Waals surface area contributed by atoms with Crippen molar-refractivity contribution < 1.29 is 4.42 Å². The molecule has 0 spiro atoms. The number of benzene rings is 8. The Kier molecular flexibility index (Phi) is 5.87. The van der Waals surface area contributed by atoms with E-state index in [0.29, 0.717) is 17.6 Å². The lowest BCUT2D eigenvalue weighted by Gasteiger charge is -2.13. The highest BCUT2D eigenvalue weighted by Gasteiger charge is 2.25. The maximum atomic E-state index is 6.56. The third-order valence-corrected chi connectivity index (χ3v) is 11.8. The summed E-state index contributed by atoms with van der Waals surface area (Å²) in [6, 6.07) is 55.3. The fourth-order valence-corrected chi connectivity index (χ4v) is 9.64. The molecule has 0 aliphatic carbocycles. The monoisotopic (exact) mass is 694 g/mol. The molecule has 4 heterocycles. The molecular weight excluding hydrogens is 669 g/mol. The molecule has 0 aliphatic heterocycles. The Labute approximate surface area is 306 Å². The zero-order chi connectivity index (χ0) is 34.6. The highest BCUT2D eigenvalue weighted by Crippen LogP contribution is 2.48. The molecule has 0 saturated heterocycles. The Hall–Kier alpha value is -6.89. The molecule has 0 radical (unpaired) electrons. The third kappa shape index (κ3) is 4.04. The van der Waals surface area contributed by atoms with E-state index in [9.17, 15) is 0 Å². The van der Waals surface area contributed by atoms with Gasteiger partial charge in [0.05, 0.1) is 21.3 Å². The molecule has 5 nitrogen and oxygen atoms in total. The van der Waals surface area contributed by atoms with Gasteiger partial charge in [0.2, 0.25) is 5.95 Å². The summed E-state index contributed by atoms with van der Waals surface area (Å²) >= 11 is 1.83. The molecule has 6 heteroatoms. The Balaban J connectivity index is 1.27. The lowest BCUT2D eigenvalue weighted by atomic mass is 9.99. The minimum Gasteiger partial charge on any atom is -0.455 e. The zero-order valence-corrected chi connectivity index (χ0v) is 28.9. The van der Waals surface area contributed by atoms with Gasteiger partial charge in [0.15, 0.2) is 11.6 Å². The second-order valence-corrected chi connectivity index (χ2v) is 14.6. The maximum Gasteiger partial charge on any atom is 0.238 e. The SMILES string of the molecule is c1ccc2c(-c3nc(-c4cccc5c4oc4ccccc45)nc(-n4c5ccccc5c5c6ccccc6c6c7ccccc7sc6c54)n3)cccc2c1. The molecule has 0 N–H and O–H groups in total. The van der Waals surface area contributed by atoms with E-state index < -0.39 is 0 Å². The van der Waals surface area contributed by atoms with Gasteiger partial charge in [-0.1, -0.05) is 133 Å². The van der Waals surface area contributed by atoms with Crippen molar-refractivity contribution in [1.82, 2.24) is 19.5 Å². The molecule has 12 aromatic rings. The van der Waals surface area contributed by atoms with Gasteiger partial charge in [-0.3, -0.25) is 4.57 Å². The van der Waals surface area contributed by atoms with Crippen molar-refractivity contribution in [2.45, 2.75) is 0 Å². The lowest BCUT2D eigenvalue weighted by molar-refractivity contribution is 0.669. The highest BCUT2D eigenvalue weighted by atomic mass is 32.1. The van der Waals surface area contributed by atoms with E-state index in [1.807, 2.05) is 29.5 Å². The predicted molar refractivity (Wildman–Crippen MR) is 220 cm³/mol. The molecule has 0 aliphatic rings. The number of aromatic nitrogens is 4. The van der Waals surface area contributed by atoms with Crippen LogP contribution in [0.15, 0.2) is 162 Å². The van der Waals surface area contributed by atoms with Gasteiger partial charge < -0.3 is 4.42 Å². The molecule has 0 atom stereocenters. The van der Waals surface area contributed by atoms with Crippen LogP contribution in [-0.4, -0.2) is 19.5 Å². The molecule has 8 aromatic carbocycles. The first-order valence-electron chi connectivity index (χ1n) is 17.7. The van der Waals surface area contributed by atoms with Crippen LogP contribution in [0.4, 0.5) is 0 Å². The summed E-state index contributed by atoms with van der Waals surface area (Å²) in [6.45, 7) is 0. The zero-order valence-electron chi connectivity index (χ0n) is 28.1. The van der Waals surface area contributed by atoms with Crippen molar-refractivity contribution in [2.75, 3.05) is 0 Å². The number of hydrogen-bond acceptors (Lipinski definition) is 5. The van der Waals surface area contributed by atoms with Crippen molar-refractivity contribution in [1.29, 1.82) is 0 Å². The van der Waals surface area contributed by atoms with E-state index in [0.717, 1.165) is 60.3 Å². The number of rotatable bonds is 3. The van der Waals surface area contributed by atoms with Crippen molar-refractivity contribution in [2.24, 2.45) is 0 Å². The van der Waals surface area contributed by atoms with Gasteiger partial charge in [0.1, 0.15) is 11.2 Å². The van der Waals surface area contributed by atoms with Crippen LogP contribution in [-0.2, 0) is 0 Å². The molecule has 0 amide bonds. The summed E-state index contributed by atoms with van der Waals surface area (Å²) in [6.07, 6.45) is 0. The largest absolute Gasteiger partial charge is 0.455 e.